The average Bonchev–Trinajstić information content (AvgIpc) is 2.66. The molecule has 0 saturated carbocycles. The van der Waals surface area contributed by atoms with Crippen LogP contribution in [0.25, 0.3) is 0 Å². The number of carbonyl (C=O) groups excluding carboxylic acids is 2. The molecule has 1 atom stereocenters. The summed E-state index contributed by atoms with van der Waals surface area (Å²) in [6.07, 6.45) is 2.82. The number of aryl methyl sites for hydroxylation is 2. The van der Waals surface area contributed by atoms with Gasteiger partial charge in [0.25, 0.3) is 0 Å². The van der Waals surface area contributed by atoms with Crippen molar-refractivity contribution in [1.82, 2.24) is 10.2 Å². The van der Waals surface area contributed by atoms with Crippen LogP contribution in [0.4, 0.5) is 0 Å². The van der Waals surface area contributed by atoms with Crippen LogP contribution in [-0.2, 0) is 9.59 Å². The van der Waals surface area contributed by atoms with Crippen LogP contribution >= 0.6 is 0 Å². The summed E-state index contributed by atoms with van der Waals surface area (Å²) in [7, 11) is 0. The van der Waals surface area contributed by atoms with Crippen molar-refractivity contribution in [2.75, 3.05) is 32.8 Å². The molecule has 2 amide bonds. The summed E-state index contributed by atoms with van der Waals surface area (Å²) >= 11 is 0. The summed E-state index contributed by atoms with van der Waals surface area (Å²) < 4.78 is 5.74. The molecule has 0 aliphatic carbocycles. The van der Waals surface area contributed by atoms with Crippen LogP contribution in [0.1, 0.15) is 36.8 Å². The number of hydrogen-bond acceptors (Lipinski definition) is 4. The molecule has 1 aliphatic heterocycles. The molecule has 6 heteroatoms. The maximum absolute atomic E-state index is 12.4. The third-order valence-corrected chi connectivity index (χ3v) is 4.87. The van der Waals surface area contributed by atoms with Crippen LogP contribution in [-0.4, -0.2) is 49.5 Å². The number of likely N-dealkylation sites (tertiary alicyclic amines) is 1. The van der Waals surface area contributed by atoms with Crippen LogP contribution in [0, 0.1) is 19.8 Å². The van der Waals surface area contributed by atoms with Gasteiger partial charge in [-0.2, -0.15) is 0 Å². The quantitative estimate of drug-likeness (QED) is 0.691. The molecule has 0 bridgehead atoms. The summed E-state index contributed by atoms with van der Waals surface area (Å²) in [6.45, 7) is 6.80. The minimum absolute atomic E-state index is 0.00558. The molecule has 3 N–H and O–H groups in total. The summed E-state index contributed by atoms with van der Waals surface area (Å²) in [6, 6.07) is 6.02. The van der Waals surface area contributed by atoms with Gasteiger partial charge in [0.2, 0.25) is 11.8 Å². The number of nitrogens with two attached hydrogens (primary N) is 1. The van der Waals surface area contributed by atoms with E-state index in [4.69, 9.17) is 10.5 Å². The molecule has 1 unspecified atom stereocenters. The Morgan fingerprint density at radius 1 is 1.31 bits per heavy atom. The van der Waals surface area contributed by atoms with Gasteiger partial charge in [-0.25, -0.2) is 0 Å². The van der Waals surface area contributed by atoms with E-state index in [0.29, 0.717) is 39.1 Å². The Hall–Kier alpha value is -2.08. The fraction of sp³-hybridized carbons (Fsp3) is 0.600. The summed E-state index contributed by atoms with van der Waals surface area (Å²) in [5.74, 6) is 0.831. The van der Waals surface area contributed by atoms with Gasteiger partial charge < -0.3 is 20.7 Å². The van der Waals surface area contributed by atoms with Crippen LogP contribution in [0.2, 0.25) is 0 Å². The van der Waals surface area contributed by atoms with E-state index in [1.54, 1.807) is 0 Å². The third-order valence-electron chi connectivity index (χ3n) is 4.87. The highest BCUT2D eigenvalue weighted by molar-refractivity contribution is 5.81. The van der Waals surface area contributed by atoms with Gasteiger partial charge in [0, 0.05) is 32.6 Å². The molecule has 144 valence electrons. The molecule has 1 aliphatic rings. The van der Waals surface area contributed by atoms with Gasteiger partial charge in [-0.05, 0) is 56.4 Å². The number of hydrogen-bond donors (Lipinski definition) is 2. The van der Waals surface area contributed by atoms with E-state index in [-0.39, 0.29) is 17.7 Å². The predicted molar refractivity (Wildman–Crippen MR) is 102 cm³/mol. The minimum atomic E-state index is -0.119. The number of ether oxygens (including phenoxy) is 1. The molecule has 1 heterocycles. The molecule has 0 aromatic heterocycles. The molecule has 0 spiro atoms. The number of amides is 2. The Balaban J connectivity index is 1.71. The van der Waals surface area contributed by atoms with Crippen molar-refractivity contribution in [3.05, 3.63) is 29.3 Å². The van der Waals surface area contributed by atoms with E-state index in [2.05, 4.69) is 19.2 Å². The Labute approximate surface area is 156 Å². The van der Waals surface area contributed by atoms with Crippen molar-refractivity contribution >= 4 is 11.8 Å². The van der Waals surface area contributed by atoms with Crippen molar-refractivity contribution in [1.29, 1.82) is 0 Å². The Morgan fingerprint density at radius 3 is 2.85 bits per heavy atom. The van der Waals surface area contributed by atoms with Crippen LogP contribution in [0.3, 0.4) is 0 Å². The maximum Gasteiger partial charge on any atom is 0.224 e. The van der Waals surface area contributed by atoms with E-state index >= 15 is 0 Å². The van der Waals surface area contributed by atoms with Gasteiger partial charge in [-0.15, -0.1) is 0 Å². The fourth-order valence-electron chi connectivity index (χ4n) is 3.13. The SMILES string of the molecule is Cc1ccc(OCCCC(=O)N2CCCC(C(=O)NCCN)C2)cc1C. The first-order valence-corrected chi connectivity index (χ1v) is 9.47. The Bertz CT molecular complexity index is 618. The second-order valence-corrected chi connectivity index (χ2v) is 6.96. The van der Waals surface area contributed by atoms with Crippen LogP contribution in [0.5, 0.6) is 5.75 Å². The molecule has 1 fully saturated rings. The van der Waals surface area contributed by atoms with Crippen molar-refractivity contribution in [2.24, 2.45) is 11.7 Å². The zero-order valence-corrected chi connectivity index (χ0v) is 15.9. The molecular weight excluding hydrogens is 330 g/mol. The lowest BCUT2D eigenvalue weighted by Crippen LogP contribution is -2.46. The van der Waals surface area contributed by atoms with E-state index in [1.807, 2.05) is 23.1 Å². The average molecular weight is 361 g/mol. The first-order chi connectivity index (χ1) is 12.5. The number of rotatable bonds is 8. The molecule has 1 saturated heterocycles. The predicted octanol–water partition coefficient (Wildman–Crippen LogP) is 1.78. The van der Waals surface area contributed by atoms with Gasteiger partial charge in [0.15, 0.2) is 0 Å². The van der Waals surface area contributed by atoms with Gasteiger partial charge in [-0.3, -0.25) is 9.59 Å². The van der Waals surface area contributed by atoms with E-state index < -0.39 is 0 Å². The van der Waals surface area contributed by atoms with Crippen molar-refractivity contribution in [2.45, 2.75) is 39.5 Å². The van der Waals surface area contributed by atoms with E-state index in [1.165, 1.54) is 11.1 Å². The van der Waals surface area contributed by atoms with Gasteiger partial charge in [0.1, 0.15) is 5.75 Å². The maximum atomic E-state index is 12.4. The molecule has 1 aromatic rings. The van der Waals surface area contributed by atoms with E-state index in [0.717, 1.165) is 25.1 Å². The highest BCUT2D eigenvalue weighted by atomic mass is 16.5. The highest BCUT2D eigenvalue weighted by Crippen LogP contribution is 2.19. The first kappa shape index (κ1) is 20.2. The second-order valence-electron chi connectivity index (χ2n) is 6.96. The monoisotopic (exact) mass is 361 g/mol. The molecule has 26 heavy (non-hydrogen) atoms. The van der Waals surface area contributed by atoms with Crippen LogP contribution < -0.4 is 15.8 Å². The normalized spacial score (nSPS) is 17.0. The molecule has 0 radical (unpaired) electrons. The van der Waals surface area contributed by atoms with Crippen LogP contribution in [0.15, 0.2) is 18.2 Å². The molecule has 2 rings (SSSR count). The van der Waals surface area contributed by atoms with Gasteiger partial charge >= 0.3 is 0 Å². The van der Waals surface area contributed by atoms with Gasteiger partial charge in [0.05, 0.1) is 12.5 Å². The fourth-order valence-corrected chi connectivity index (χ4v) is 3.13. The third kappa shape index (κ3) is 6.02. The lowest BCUT2D eigenvalue weighted by Gasteiger charge is -2.32. The Kier molecular flexibility index (Phi) is 7.91. The summed E-state index contributed by atoms with van der Waals surface area (Å²) in [5.41, 5.74) is 7.85. The lowest BCUT2D eigenvalue weighted by atomic mass is 9.96. The van der Waals surface area contributed by atoms with Crippen molar-refractivity contribution in [3.8, 4) is 5.75 Å². The topological polar surface area (TPSA) is 84.7 Å². The van der Waals surface area contributed by atoms with E-state index in [9.17, 15) is 9.59 Å². The summed E-state index contributed by atoms with van der Waals surface area (Å²) in [4.78, 5) is 26.3. The highest BCUT2D eigenvalue weighted by Gasteiger charge is 2.27. The number of piperidine rings is 1. The largest absolute Gasteiger partial charge is 0.494 e. The number of nitrogens with zero attached hydrogens (tertiary/aromatic N) is 1. The lowest BCUT2D eigenvalue weighted by molar-refractivity contribution is -0.135. The van der Waals surface area contributed by atoms with Crippen molar-refractivity contribution < 1.29 is 14.3 Å². The van der Waals surface area contributed by atoms with Gasteiger partial charge in [-0.1, -0.05) is 6.07 Å². The van der Waals surface area contributed by atoms with Crippen molar-refractivity contribution in [3.63, 3.8) is 0 Å². The first-order valence-electron chi connectivity index (χ1n) is 9.47. The minimum Gasteiger partial charge on any atom is -0.494 e. The molecule has 1 aromatic carbocycles. The smallest absolute Gasteiger partial charge is 0.224 e. The second kappa shape index (κ2) is 10.2. The number of benzene rings is 1. The molecule has 6 nitrogen and oxygen atoms in total. The Morgan fingerprint density at radius 2 is 2.12 bits per heavy atom. The number of nitrogens with one attached hydrogen (secondary N) is 1. The zero-order valence-electron chi connectivity index (χ0n) is 15.9. The molecular formula is C20H31N3O3. The zero-order chi connectivity index (χ0) is 18.9. The standard InChI is InChI=1S/C20H31N3O3/c1-15-7-8-18(13-16(15)2)26-12-4-6-19(24)23-11-3-5-17(14-23)20(25)22-10-9-21/h7-8,13,17H,3-6,9-12,14,21H2,1-2H3,(H,22,25). The number of carbonyl (C=O) groups is 2. The summed E-state index contributed by atoms with van der Waals surface area (Å²) in [5, 5.41) is 2.82.